The Kier molecular flexibility index (Phi) is 5.98. The molecule has 0 saturated heterocycles. The Labute approximate surface area is 186 Å². The minimum atomic E-state index is -5.19. The summed E-state index contributed by atoms with van der Waals surface area (Å²) in [5, 5.41) is 19.7. The van der Waals surface area contributed by atoms with Gasteiger partial charge in [-0.15, -0.1) is 0 Å². The number of aromatic hydroxyl groups is 2. The van der Waals surface area contributed by atoms with Crippen LogP contribution in [0.1, 0.15) is 16.7 Å². The zero-order valence-corrected chi connectivity index (χ0v) is 18.1. The monoisotopic (exact) mass is 492 g/mol. The first-order valence-electron chi connectivity index (χ1n) is 7.91. The van der Waals surface area contributed by atoms with Crippen LogP contribution in [0.4, 0.5) is 0 Å². The molecule has 0 bridgehead atoms. The van der Waals surface area contributed by atoms with E-state index in [-0.39, 0.29) is 26.2 Å². The highest BCUT2D eigenvalue weighted by Gasteiger charge is 2.54. The van der Waals surface area contributed by atoms with Gasteiger partial charge in [0.2, 0.25) is 0 Å². The van der Waals surface area contributed by atoms with Gasteiger partial charge in [-0.3, -0.25) is 4.55 Å². The Bertz CT molecular complexity index is 1140. The predicted octanol–water partition coefficient (Wildman–Crippen LogP) is 5.89. The zero-order valence-electron chi connectivity index (χ0n) is 14.3. The molecule has 29 heavy (non-hydrogen) atoms. The van der Waals surface area contributed by atoms with Gasteiger partial charge in [0, 0.05) is 16.1 Å². The second-order valence-electron chi connectivity index (χ2n) is 6.03. The van der Waals surface area contributed by atoms with E-state index in [1.807, 2.05) is 0 Å². The Morgan fingerprint density at radius 3 is 1.83 bits per heavy atom. The molecular formula is C19H12Cl4O5S. The molecule has 0 heterocycles. The fraction of sp³-hybridized carbons (Fsp3) is 0.0526. The van der Waals surface area contributed by atoms with Gasteiger partial charge in [0.15, 0.2) is 4.75 Å². The van der Waals surface area contributed by atoms with Crippen LogP contribution in [-0.2, 0) is 14.9 Å². The van der Waals surface area contributed by atoms with Crippen molar-refractivity contribution < 1.29 is 23.2 Å². The smallest absolute Gasteiger partial charge is 0.283 e. The van der Waals surface area contributed by atoms with Gasteiger partial charge in [0.25, 0.3) is 10.1 Å². The third-order valence-corrected chi connectivity index (χ3v) is 7.33. The van der Waals surface area contributed by atoms with Crippen LogP contribution in [-0.4, -0.2) is 23.2 Å². The van der Waals surface area contributed by atoms with E-state index < -0.39 is 37.0 Å². The molecule has 0 aliphatic rings. The van der Waals surface area contributed by atoms with Gasteiger partial charge in [-0.05, 0) is 29.8 Å². The summed E-state index contributed by atoms with van der Waals surface area (Å²) in [7, 11) is -5.19. The first kappa shape index (κ1) is 22.0. The molecule has 0 spiro atoms. The molecule has 0 amide bonds. The van der Waals surface area contributed by atoms with Crippen molar-refractivity contribution in [2.24, 2.45) is 0 Å². The van der Waals surface area contributed by atoms with Gasteiger partial charge >= 0.3 is 0 Å². The maximum atomic E-state index is 13.0. The van der Waals surface area contributed by atoms with Crippen LogP contribution in [0.5, 0.6) is 11.5 Å². The lowest BCUT2D eigenvalue weighted by Gasteiger charge is -2.35. The van der Waals surface area contributed by atoms with Crippen molar-refractivity contribution in [3.8, 4) is 11.5 Å². The van der Waals surface area contributed by atoms with Gasteiger partial charge in [0.05, 0.1) is 15.1 Å². The van der Waals surface area contributed by atoms with Crippen LogP contribution in [0.3, 0.4) is 0 Å². The van der Waals surface area contributed by atoms with Gasteiger partial charge in [-0.25, -0.2) is 0 Å². The summed E-state index contributed by atoms with van der Waals surface area (Å²) >= 11 is 25.0. The second-order valence-corrected chi connectivity index (χ2v) is 9.17. The Morgan fingerprint density at radius 2 is 1.24 bits per heavy atom. The SMILES string of the molecule is O=S(=O)(O)C(c1ccccc1)(c1c(O)ccc(O)c1Cl)c1c(Cl)ccc(Cl)c1Cl. The number of halogens is 4. The molecule has 1 unspecified atom stereocenters. The standard InChI is InChI=1S/C19H12Cl4O5S/c20-11-6-7-12(21)17(22)15(11)19(29(26,27)28,10-4-2-1-3-5-10)16-13(24)8-9-14(25)18(16)23/h1-9,24-25H,(H,26,27,28). The van der Waals surface area contributed by atoms with E-state index >= 15 is 0 Å². The molecule has 3 N–H and O–H groups in total. The van der Waals surface area contributed by atoms with Crippen molar-refractivity contribution in [2.45, 2.75) is 4.75 Å². The highest BCUT2D eigenvalue weighted by atomic mass is 35.5. The fourth-order valence-electron chi connectivity index (χ4n) is 3.23. The molecule has 3 aromatic carbocycles. The lowest BCUT2D eigenvalue weighted by molar-refractivity contribution is 0.434. The Hall–Kier alpha value is -1.67. The summed E-state index contributed by atoms with van der Waals surface area (Å²) in [5.41, 5.74) is -0.903. The number of phenols is 2. The van der Waals surface area contributed by atoms with Gasteiger partial charge < -0.3 is 10.2 Å². The van der Waals surface area contributed by atoms with Crippen LogP contribution < -0.4 is 0 Å². The maximum Gasteiger partial charge on any atom is 0.283 e. The first-order valence-corrected chi connectivity index (χ1v) is 10.9. The van der Waals surface area contributed by atoms with E-state index in [1.54, 1.807) is 6.07 Å². The summed E-state index contributed by atoms with van der Waals surface area (Å²) in [6, 6.07) is 12.1. The van der Waals surface area contributed by atoms with Gasteiger partial charge in [0.1, 0.15) is 11.5 Å². The maximum absolute atomic E-state index is 13.0. The molecule has 0 radical (unpaired) electrons. The summed E-state index contributed by atoms with van der Waals surface area (Å²) in [4.78, 5) is 0. The third-order valence-electron chi connectivity index (χ3n) is 4.41. The molecule has 3 aromatic rings. The van der Waals surface area contributed by atoms with E-state index in [4.69, 9.17) is 46.4 Å². The summed E-state index contributed by atoms with van der Waals surface area (Å²) in [6.07, 6.45) is 0. The van der Waals surface area contributed by atoms with E-state index in [0.29, 0.717) is 0 Å². The molecule has 1 atom stereocenters. The summed E-state index contributed by atoms with van der Waals surface area (Å²) in [5.74, 6) is -1.15. The molecule has 0 aliphatic heterocycles. The van der Waals surface area contributed by atoms with Crippen molar-refractivity contribution in [3.05, 3.63) is 91.4 Å². The lowest BCUT2D eigenvalue weighted by Crippen LogP contribution is -2.39. The minimum Gasteiger partial charge on any atom is -0.508 e. The summed E-state index contributed by atoms with van der Waals surface area (Å²) < 4.78 is 34.0. The molecule has 152 valence electrons. The van der Waals surface area contributed by atoms with Crippen LogP contribution in [0.2, 0.25) is 20.1 Å². The topological polar surface area (TPSA) is 94.8 Å². The highest BCUT2D eigenvalue weighted by Crippen LogP contribution is 2.55. The van der Waals surface area contributed by atoms with Crippen LogP contribution in [0.25, 0.3) is 0 Å². The molecule has 10 heteroatoms. The highest BCUT2D eigenvalue weighted by molar-refractivity contribution is 7.87. The number of phenolic OH excluding ortho intramolecular Hbond substituents is 2. The molecular weight excluding hydrogens is 482 g/mol. The molecule has 0 fully saturated rings. The largest absolute Gasteiger partial charge is 0.508 e. The first-order chi connectivity index (χ1) is 13.5. The van der Waals surface area contributed by atoms with E-state index in [9.17, 15) is 23.2 Å². The average Bonchev–Trinajstić information content (AvgIpc) is 2.66. The number of hydrogen-bond acceptors (Lipinski definition) is 4. The van der Waals surface area contributed by atoms with Crippen molar-refractivity contribution in [1.82, 2.24) is 0 Å². The van der Waals surface area contributed by atoms with Crippen molar-refractivity contribution in [3.63, 3.8) is 0 Å². The second kappa shape index (κ2) is 7.87. The Morgan fingerprint density at radius 1 is 0.690 bits per heavy atom. The van der Waals surface area contributed by atoms with E-state index in [2.05, 4.69) is 0 Å². The van der Waals surface area contributed by atoms with Crippen LogP contribution in [0.15, 0.2) is 54.6 Å². The van der Waals surface area contributed by atoms with Crippen LogP contribution >= 0.6 is 46.4 Å². The molecule has 0 aliphatic carbocycles. The van der Waals surface area contributed by atoms with Crippen molar-refractivity contribution in [1.29, 1.82) is 0 Å². The lowest BCUT2D eigenvalue weighted by atomic mass is 9.83. The van der Waals surface area contributed by atoms with Gasteiger partial charge in [-0.2, -0.15) is 8.42 Å². The van der Waals surface area contributed by atoms with Crippen molar-refractivity contribution in [2.75, 3.05) is 0 Å². The quantitative estimate of drug-likeness (QED) is 0.182. The average molecular weight is 494 g/mol. The Balaban J connectivity index is 2.71. The number of hydrogen-bond donors (Lipinski definition) is 3. The molecule has 0 aromatic heterocycles. The molecule has 0 saturated carbocycles. The predicted molar refractivity (Wildman–Crippen MR) is 114 cm³/mol. The number of rotatable bonds is 4. The fourth-order valence-corrected chi connectivity index (χ4v) is 5.88. The molecule has 3 rings (SSSR count). The van der Waals surface area contributed by atoms with E-state index in [0.717, 1.165) is 12.1 Å². The van der Waals surface area contributed by atoms with Crippen LogP contribution in [0, 0.1) is 0 Å². The third kappa shape index (κ3) is 3.44. The van der Waals surface area contributed by atoms with E-state index in [1.165, 1.54) is 36.4 Å². The number of benzene rings is 3. The van der Waals surface area contributed by atoms with Crippen molar-refractivity contribution >= 4 is 56.5 Å². The normalized spacial score (nSPS) is 13.8. The summed E-state index contributed by atoms with van der Waals surface area (Å²) in [6.45, 7) is 0. The zero-order chi connectivity index (χ0) is 21.6. The minimum absolute atomic E-state index is 0.0450. The molecule has 5 nitrogen and oxygen atoms in total. The van der Waals surface area contributed by atoms with Gasteiger partial charge in [-0.1, -0.05) is 76.7 Å².